The van der Waals surface area contributed by atoms with Crippen LogP contribution in [0.25, 0.3) is 0 Å². The third kappa shape index (κ3) is 3.71. The molecule has 0 aromatic heterocycles. The van der Waals surface area contributed by atoms with Crippen molar-refractivity contribution in [2.45, 2.75) is 18.9 Å². The highest BCUT2D eigenvalue weighted by atomic mass is 19.1. The molecule has 0 saturated carbocycles. The Morgan fingerprint density at radius 2 is 1.75 bits per heavy atom. The molecule has 1 atom stereocenters. The summed E-state index contributed by atoms with van der Waals surface area (Å²) in [4.78, 5) is 26.3. The number of nitrogens with zero attached hydrogens (tertiary/aromatic N) is 1. The summed E-state index contributed by atoms with van der Waals surface area (Å²) < 4.78 is 13.2. The van der Waals surface area contributed by atoms with Crippen molar-refractivity contribution in [3.05, 3.63) is 60.4 Å². The fraction of sp³-hybridized carbons (Fsp3) is 0.222. The molecule has 5 nitrogen and oxygen atoms in total. The minimum Gasteiger partial charge on any atom is -0.324 e. The number of hydrogen-bond donors (Lipinski definition) is 2. The highest BCUT2D eigenvalue weighted by Gasteiger charge is 2.34. The predicted octanol–water partition coefficient (Wildman–Crippen LogP) is 3.46. The molecule has 2 N–H and O–H groups in total. The van der Waals surface area contributed by atoms with E-state index in [4.69, 9.17) is 0 Å². The summed E-state index contributed by atoms with van der Waals surface area (Å²) in [5.74, 6) is -0.638. The number of rotatable bonds is 3. The number of halogens is 1. The Morgan fingerprint density at radius 1 is 1.00 bits per heavy atom. The van der Waals surface area contributed by atoms with E-state index < -0.39 is 17.9 Å². The van der Waals surface area contributed by atoms with E-state index in [1.807, 2.05) is 18.2 Å². The SMILES string of the molecule is O=C(Nc1ccccc1)C1CCCN1C(=O)Nc1cccc(F)c1. The van der Waals surface area contributed by atoms with Gasteiger partial charge in [0.15, 0.2) is 0 Å². The quantitative estimate of drug-likeness (QED) is 0.907. The van der Waals surface area contributed by atoms with Crippen LogP contribution in [0.5, 0.6) is 0 Å². The maximum Gasteiger partial charge on any atom is 0.322 e. The number of likely N-dealkylation sites (tertiary alicyclic amines) is 1. The second kappa shape index (κ2) is 7.12. The normalized spacial score (nSPS) is 16.7. The summed E-state index contributed by atoms with van der Waals surface area (Å²) in [5, 5.41) is 5.46. The van der Waals surface area contributed by atoms with Gasteiger partial charge in [-0.15, -0.1) is 0 Å². The van der Waals surface area contributed by atoms with Crippen LogP contribution in [0, 0.1) is 5.82 Å². The lowest BCUT2D eigenvalue weighted by Gasteiger charge is -2.24. The molecule has 0 radical (unpaired) electrons. The largest absolute Gasteiger partial charge is 0.324 e. The number of carbonyl (C=O) groups excluding carboxylic acids is 2. The van der Waals surface area contributed by atoms with E-state index in [9.17, 15) is 14.0 Å². The number of nitrogens with one attached hydrogen (secondary N) is 2. The van der Waals surface area contributed by atoms with Gasteiger partial charge in [0.25, 0.3) is 0 Å². The Labute approximate surface area is 139 Å². The van der Waals surface area contributed by atoms with E-state index in [1.165, 1.54) is 23.1 Å². The van der Waals surface area contributed by atoms with Gasteiger partial charge in [-0.05, 0) is 43.2 Å². The van der Waals surface area contributed by atoms with Crippen molar-refractivity contribution in [2.75, 3.05) is 17.2 Å². The standard InChI is InChI=1S/C18H18FN3O2/c19-13-6-4-9-15(12-13)21-18(24)22-11-5-10-16(22)17(23)20-14-7-2-1-3-8-14/h1-4,6-9,12,16H,5,10-11H2,(H,20,23)(H,21,24). The predicted molar refractivity (Wildman–Crippen MR) is 90.2 cm³/mol. The lowest BCUT2D eigenvalue weighted by Crippen LogP contribution is -2.45. The summed E-state index contributed by atoms with van der Waals surface area (Å²) in [6, 6.07) is 13.9. The second-order valence-corrected chi connectivity index (χ2v) is 5.65. The first-order valence-corrected chi connectivity index (χ1v) is 7.82. The van der Waals surface area contributed by atoms with Crippen LogP contribution >= 0.6 is 0 Å². The molecule has 2 aromatic rings. The van der Waals surface area contributed by atoms with Gasteiger partial charge < -0.3 is 15.5 Å². The summed E-state index contributed by atoms with van der Waals surface area (Å²) in [5.41, 5.74) is 1.06. The van der Waals surface area contributed by atoms with Gasteiger partial charge in [-0.1, -0.05) is 24.3 Å². The Hall–Kier alpha value is -2.89. The van der Waals surface area contributed by atoms with E-state index in [0.717, 1.165) is 6.42 Å². The summed E-state index contributed by atoms with van der Waals surface area (Å²) in [6.07, 6.45) is 1.36. The van der Waals surface area contributed by atoms with Crippen molar-refractivity contribution >= 4 is 23.3 Å². The number of amides is 3. The molecular formula is C18H18FN3O2. The van der Waals surface area contributed by atoms with E-state index in [2.05, 4.69) is 10.6 Å². The highest BCUT2D eigenvalue weighted by Crippen LogP contribution is 2.21. The Kier molecular flexibility index (Phi) is 4.74. The molecule has 1 heterocycles. The van der Waals surface area contributed by atoms with Crippen LogP contribution < -0.4 is 10.6 Å². The number of urea groups is 1. The maximum atomic E-state index is 13.2. The van der Waals surface area contributed by atoms with Gasteiger partial charge in [0, 0.05) is 17.9 Å². The van der Waals surface area contributed by atoms with Crippen molar-refractivity contribution in [3.8, 4) is 0 Å². The number of hydrogen-bond acceptors (Lipinski definition) is 2. The van der Waals surface area contributed by atoms with Crippen molar-refractivity contribution in [1.82, 2.24) is 4.90 Å². The van der Waals surface area contributed by atoms with Crippen molar-refractivity contribution in [1.29, 1.82) is 0 Å². The lowest BCUT2D eigenvalue weighted by atomic mass is 10.2. The van der Waals surface area contributed by atoms with Gasteiger partial charge in [0.05, 0.1) is 0 Å². The molecule has 0 bridgehead atoms. The molecule has 1 saturated heterocycles. The number of anilines is 2. The molecule has 3 amide bonds. The van der Waals surface area contributed by atoms with E-state index >= 15 is 0 Å². The van der Waals surface area contributed by atoms with Crippen LogP contribution in [0.2, 0.25) is 0 Å². The number of carbonyl (C=O) groups is 2. The van der Waals surface area contributed by atoms with Crippen LogP contribution in [0.4, 0.5) is 20.6 Å². The van der Waals surface area contributed by atoms with E-state index in [1.54, 1.807) is 18.2 Å². The highest BCUT2D eigenvalue weighted by molar-refractivity contribution is 5.99. The molecule has 2 aromatic carbocycles. The summed E-state index contributed by atoms with van der Waals surface area (Å²) in [6.45, 7) is 0.494. The number of para-hydroxylation sites is 1. The summed E-state index contributed by atoms with van der Waals surface area (Å²) >= 11 is 0. The average molecular weight is 327 g/mol. The van der Waals surface area contributed by atoms with Gasteiger partial charge in [-0.3, -0.25) is 4.79 Å². The molecule has 1 aliphatic rings. The van der Waals surface area contributed by atoms with E-state index in [-0.39, 0.29) is 5.91 Å². The Balaban J connectivity index is 1.66. The van der Waals surface area contributed by atoms with Gasteiger partial charge >= 0.3 is 6.03 Å². The van der Waals surface area contributed by atoms with Crippen molar-refractivity contribution in [3.63, 3.8) is 0 Å². The van der Waals surface area contributed by atoms with Crippen LogP contribution in [0.15, 0.2) is 54.6 Å². The zero-order chi connectivity index (χ0) is 16.9. The first-order valence-electron chi connectivity index (χ1n) is 7.82. The Morgan fingerprint density at radius 3 is 2.50 bits per heavy atom. The molecule has 6 heteroatoms. The van der Waals surface area contributed by atoms with Crippen LogP contribution in [0.3, 0.4) is 0 Å². The molecule has 1 fully saturated rings. The van der Waals surface area contributed by atoms with Gasteiger partial charge in [-0.2, -0.15) is 0 Å². The van der Waals surface area contributed by atoms with Gasteiger partial charge in [0.2, 0.25) is 5.91 Å². The minimum atomic E-state index is -0.529. The van der Waals surface area contributed by atoms with Crippen LogP contribution in [-0.4, -0.2) is 29.4 Å². The molecule has 3 rings (SSSR count). The molecule has 0 aliphatic carbocycles. The molecular weight excluding hydrogens is 309 g/mol. The van der Waals surface area contributed by atoms with Crippen molar-refractivity contribution in [2.24, 2.45) is 0 Å². The molecule has 124 valence electrons. The molecule has 1 unspecified atom stereocenters. The first-order chi connectivity index (χ1) is 11.6. The van der Waals surface area contributed by atoms with E-state index in [0.29, 0.717) is 24.3 Å². The smallest absolute Gasteiger partial charge is 0.322 e. The van der Waals surface area contributed by atoms with Gasteiger partial charge in [0.1, 0.15) is 11.9 Å². The zero-order valence-electron chi connectivity index (χ0n) is 13.0. The van der Waals surface area contributed by atoms with Crippen LogP contribution in [-0.2, 0) is 4.79 Å². The van der Waals surface area contributed by atoms with Crippen molar-refractivity contribution < 1.29 is 14.0 Å². The lowest BCUT2D eigenvalue weighted by molar-refractivity contribution is -0.119. The van der Waals surface area contributed by atoms with Crippen LogP contribution in [0.1, 0.15) is 12.8 Å². The maximum absolute atomic E-state index is 13.2. The summed E-state index contributed by atoms with van der Waals surface area (Å²) in [7, 11) is 0. The monoisotopic (exact) mass is 327 g/mol. The molecule has 1 aliphatic heterocycles. The second-order valence-electron chi connectivity index (χ2n) is 5.65. The fourth-order valence-electron chi connectivity index (χ4n) is 2.79. The Bertz CT molecular complexity index is 736. The first kappa shape index (κ1) is 16.0. The zero-order valence-corrected chi connectivity index (χ0v) is 13.0. The minimum absolute atomic E-state index is 0.215. The van der Waals surface area contributed by atoms with Gasteiger partial charge in [-0.25, -0.2) is 9.18 Å². The number of benzene rings is 2. The topological polar surface area (TPSA) is 61.4 Å². The average Bonchev–Trinajstić information content (AvgIpc) is 3.06. The third-order valence-electron chi connectivity index (χ3n) is 3.93. The molecule has 24 heavy (non-hydrogen) atoms. The molecule has 0 spiro atoms. The third-order valence-corrected chi connectivity index (χ3v) is 3.93. The fourth-order valence-corrected chi connectivity index (χ4v) is 2.79.